The topological polar surface area (TPSA) is 34.6 Å². The summed E-state index contributed by atoms with van der Waals surface area (Å²) in [5.74, 6) is 1.49. The molecule has 1 aliphatic rings. The van der Waals surface area contributed by atoms with Crippen LogP contribution in [-0.4, -0.2) is 29.8 Å². The minimum absolute atomic E-state index is 0.265. The van der Waals surface area contributed by atoms with Crippen molar-refractivity contribution in [1.82, 2.24) is 9.88 Å². The van der Waals surface area contributed by atoms with Crippen LogP contribution in [0.25, 0.3) is 0 Å². The van der Waals surface area contributed by atoms with Crippen LogP contribution in [0.2, 0.25) is 5.02 Å². The van der Waals surface area contributed by atoms with Crippen molar-refractivity contribution in [2.45, 2.75) is 25.9 Å². The zero-order chi connectivity index (χ0) is 15.5. The highest BCUT2D eigenvalue weighted by Crippen LogP contribution is 2.37. The number of likely N-dealkylation sites (N-methyl/N-ethyl adjacent to an activating group) is 1. The summed E-state index contributed by atoms with van der Waals surface area (Å²) in [5, 5.41) is 0.709. The highest BCUT2D eigenvalue weighted by atomic mass is 35.5. The Morgan fingerprint density at radius 2 is 2.05 bits per heavy atom. The first-order valence-corrected chi connectivity index (χ1v) is 7.69. The monoisotopic (exact) mass is 318 g/mol. The number of pyridine rings is 1. The van der Waals surface area contributed by atoms with E-state index in [1.165, 1.54) is 0 Å². The van der Waals surface area contributed by atoms with Gasteiger partial charge in [-0.1, -0.05) is 17.7 Å². The van der Waals surface area contributed by atoms with Crippen LogP contribution in [0.5, 0.6) is 11.5 Å². The number of halogens is 1. The fraction of sp³-hybridized carbons (Fsp3) is 0.353. The molecule has 0 spiro atoms. The van der Waals surface area contributed by atoms with E-state index in [2.05, 4.69) is 29.9 Å². The van der Waals surface area contributed by atoms with E-state index >= 15 is 0 Å². The van der Waals surface area contributed by atoms with Crippen LogP contribution in [0.3, 0.4) is 0 Å². The molecule has 2 aromatic rings. The van der Waals surface area contributed by atoms with Gasteiger partial charge in [-0.3, -0.25) is 9.88 Å². The SMILES string of the molecule is CC(Cc1ccccn1)N(C)Cc1cc2c(cc1Cl)OCO2. The van der Waals surface area contributed by atoms with Crippen molar-refractivity contribution in [3.8, 4) is 11.5 Å². The molecule has 0 amide bonds. The van der Waals surface area contributed by atoms with Crippen LogP contribution in [0.4, 0.5) is 0 Å². The number of hydrogen-bond donors (Lipinski definition) is 0. The van der Waals surface area contributed by atoms with E-state index in [0.717, 1.165) is 35.7 Å². The second kappa shape index (κ2) is 6.55. The fourth-order valence-electron chi connectivity index (χ4n) is 2.48. The Kier molecular flexibility index (Phi) is 4.50. The molecule has 3 rings (SSSR count). The summed E-state index contributed by atoms with van der Waals surface area (Å²) in [5.41, 5.74) is 2.14. The average molecular weight is 319 g/mol. The molecule has 0 saturated heterocycles. The summed E-state index contributed by atoms with van der Waals surface area (Å²) in [6.45, 7) is 3.21. The number of ether oxygens (including phenoxy) is 2. The minimum atomic E-state index is 0.265. The number of fused-ring (bicyclic) bond motifs is 1. The van der Waals surface area contributed by atoms with E-state index < -0.39 is 0 Å². The van der Waals surface area contributed by atoms with Crippen LogP contribution in [0.15, 0.2) is 36.5 Å². The number of aromatic nitrogens is 1. The smallest absolute Gasteiger partial charge is 0.231 e. The summed E-state index contributed by atoms with van der Waals surface area (Å²) in [6, 6.07) is 10.2. The second-order valence-electron chi connectivity index (χ2n) is 5.59. The van der Waals surface area contributed by atoms with Crippen LogP contribution in [0, 0.1) is 0 Å². The Morgan fingerprint density at radius 3 is 2.77 bits per heavy atom. The first-order chi connectivity index (χ1) is 10.6. The third-order valence-electron chi connectivity index (χ3n) is 3.94. The maximum absolute atomic E-state index is 6.34. The van der Waals surface area contributed by atoms with Crippen molar-refractivity contribution >= 4 is 11.6 Å². The Morgan fingerprint density at radius 1 is 1.27 bits per heavy atom. The first kappa shape index (κ1) is 15.1. The molecule has 0 N–H and O–H groups in total. The lowest BCUT2D eigenvalue weighted by Crippen LogP contribution is -2.30. The van der Waals surface area contributed by atoms with Crippen LogP contribution >= 0.6 is 11.6 Å². The molecule has 4 nitrogen and oxygen atoms in total. The van der Waals surface area contributed by atoms with Crippen LogP contribution < -0.4 is 9.47 Å². The summed E-state index contributed by atoms with van der Waals surface area (Å²) < 4.78 is 10.8. The quantitative estimate of drug-likeness (QED) is 0.844. The molecule has 0 saturated carbocycles. The molecule has 1 aromatic carbocycles. The van der Waals surface area contributed by atoms with E-state index in [1.54, 1.807) is 0 Å². The number of nitrogens with zero attached hydrogens (tertiary/aromatic N) is 2. The van der Waals surface area contributed by atoms with Gasteiger partial charge in [0.15, 0.2) is 11.5 Å². The Labute approximate surface area is 135 Å². The van der Waals surface area contributed by atoms with E-state index in [0.29, 0.717) is 11.1 Å². The molecule has 1 aliphatic heterocycles. The van der Waals surface area contributed by atoms with E-state index in [9.17, 15) is 0 Å². The van der Waals surface area contributed by atoms with Gasteiger partial charge in [0.1, 0.15) is 0 Å². The lowest BCUT2D eigenvalue weighted by Gasteiger charge is -2.25. The van der Waals surface area contributed by atoms with Gasteiger partial charge in [-0.05, 0) is 37.7 Å². The van der Waals surface area contributed by atoms with E-state index in [1.807, 2.05) is 30.5 Å². The maximum atomic E-state index is 6.34. The van der Waals surface area contributed by atoms with Crippen LogP contribution in [0.1, 0.15) is 18.2 Å². The predicted octanol–water partition coefficient (Wildman–Crippen LogP) is 3.53. The normalized spacial score (nSPS) is 14.4. The van der Waals surface area contributed by atoms with Gasteiger partial charge in [-0.2, -0.15) is 0 Å². The van der Waals surface area contributed by atoms with Crippen molar-refractivity contribution in [3.05, 3.63) is 52.8 Å². The van der Waals surface area contributed by atoms with E-state index in [4.69, 9.17) is 21.1 Å². The molecule has 116 valence electrons. The summed E-state index contributed by atoms with van der Waals surface area (Å²) >= 11 is 6.34. The molecule has 0 aliphatic carbocycles. The molecular formula is C17H19ClN2O2. The van der Waals surface area contributed by atoms with E-state index in [-0.39, 0.29) is 6.79 Å². The number of benzene rings is 1. The lowest BCUT2D eigenvalue weighted by molar-refractivity contribution is 0.174. The molecule has 0 bridgehead atoms. The van der Waals surface area contributed by atoms with Gasteiger partial charge in [0, 0.05) is 42.0 Å². The third kappa shape index (κ3) is 3.34. The van der Waals surface area contributed by atoms with Crippen molar-refractivity contribution in [2.24, 2.45) is 0 Å². The zero-order valence-corrected chi connectivity index (χ0v) is 13.5. The van der Waals surface area contributed by atoms with Crippen molar-refractivity contribution in [2.75, 3.05) is 13.8 Å². The summed E-state index contributed by atoms with van der Waals surface area (Å²) in [4.78, 5) is 6.65. The molecular weight excluding hydrogens is 300 g/mol. The van der Waals surface area contributed by atoms with Crippen molar-refractivity contribution < 1.29 is 9.47 Å². The van der Waals surface area contributed by atoms with Gasteiger partial charge in [-0.15, -0.1) is 0 Å². The molecule has 22 heavy (non-hydrogen) atoms. The van der Waals surface area contributed by atoms with Gasteiger partial charge in [-0.25, -0.2) is 0 Å². The Bertz CT molecular complexity index is 649. The highest BCUT2D eigenvalue weighted by Gasteiger charge is 2.18. The zero-order valence-electron chi connectivity index (χ0n) is 12.8. The van der Waals surface area contributed by atoms with Gasteiger partial charge in [0.05, 0.1) is 0 Å². The highest BCUT2D eigenvalue weighted by molar-refractivity contribution is 6.31. The second-order valence-corrected chi connectivity index (χ2v) is 5.99. The Hall–Kier alpha value is -1.78. The molecule has 1 atom stereocenters. The fourth-order valence-corrected chi connectivity index (χ4v) is 2.70. The molecule has 0 fully saturated rings. The molecule has 5 heteroatoms. The third-order valence-corrected chi connectivity index (χ3v) is 4.30. The lowest BCUT2D eigenvalue weighted by atomic mass is 10.1. The van der Waals surface area contributed by atoms with Crippen molar-refractivity contribution in [1.29, 1.82) is 0 Å². The molecule has 0 radical (unpaired) electrons. The molecule has 1 aromatic heterocycles. The Balaban J connectivity index is 1.67. The largest absolute Gasteiger partial charge is 0.454 e. The maximum Gasteiger partial charge on any atom is 0.231 e. The number of rotatable bonds is 5. The molecule has 2 heterocycles. The van der Waals surface area contributed by atoms with Gasteiger partial charge in [0.25, 0.3) is 0 Å². The molecule has 1 unspecified atom stereocenters. The first-order valence-electron chi connectivity index (χ1n) is 7.31. The summed E-state index contributed by atoms with van der Waals surface area (Å²) in [6.07, 6.45) is 2.73. The summed E-state index contributed by atoms with van der Waals surface area (Å²) in [7, 11) is 2.09. The van der Waals surface area contributed by atoms with Gasteiger partial charge in [0.2, 0.25) is 6.79 Å². The van der Waals surface area contributed by atoms with Gasteiger partial charge < -0.3 is 9.47 Å². The average Bonchev–Trinajstić information content (AvgIpc) is 2.95. The minimum Gasteiger partial charge on any atom is -0.454 e. The standard InChI is InChI=1S/C17H19ClN2O2/c1-12(7-14-5-3-4-6-19-14)20(2)10-13-8-16-17(9-15(13)18)22-11-21-16/h3-6,8-9,12H,7,10-11H2,1-2H3. The predicted molar refractivity (Wildman–Crippen MR) is 86.4 cm³/mol. The van der Waals surface area contributed by atoms with Crippen molar-refractivity contribution in [3.63, 3.8) is 0 Å². The van der Waals surface area contributed by atoms with Gasteiger partial charge >= 0.3 is 0 Å². The van der Waals surface area contributed by atoms with Crippen LogP contribution in [-0.2, 0) is 13.0 Å². The number of hydrogen-bond acceptors (Lipinski definition) is 4.